The summed E-state index contributed by atoms with van der Waals surface area (Å²) in [5, 5.41) is 19.2. The Kier molecular flexibility index (Phi) is 2.80. The van der Waals surface area contributed by atoms with E-state index in [4.69, 9.17) is 9.52 Å². The van der Waals surface area contributed by atoms with E-state index in [1.165, 1.54) is 18.2 Å². The van der Waals surface area contributed by atoms with Gasteiger partial charge >= 0.3 is 11.7 Å². The first-order chi connectivity index (χ1) is 8.49. The lowest BCUT2D eigenvalue weighted by Gasteiger charge is -1.98. The zero-order valence-electron chi connectivity index (χ0n) is 8.79. The van der Waals surface area contributed by atoms with Crippen LogP contribution in [0.5, 0.6) is 0 Å². The molecule has 0 aliphatic rings. The van der Waals surface area contributed by atoms with Gasteiger partial charge in [-0.15, -0.1) is 0 Å². The summed E-state index contributed by atoms with van der Waals surface area (Å²) in [5.74, 6) is -2.39. The Morgan fingerprint density at radius 3 is 2.61 bits per heavy atom. The first-order valence-corrected chi connectivity index (χ1v) is 4.76. The zero-order chi connectivity index (χ0) is 13.3. The Morgan fingerprint density at radius 1 is 1.33 bits per heavy atom. The first kappa shape index (κ1) is 11.8. The van der Waals surface area contributed by atoms with E-state index >= 15 is 0 Å². The number of halogens is 1. The minimum atomic E-state index is -1.25. The molecular formula is C11H6FNO5. The third-order valence-corrected chi connectivity index (χ3v) is 2.24. The number of carboxylic acids is 1. The lowest BCUT2D eigenvalue weighted by Crippen LogP contribution is -1.93. The van der Waals surface area contributed by atoms with E-state index in [2.05, 4.69) is 0 Å². The van der Waals surface area contributed by atoms with E-state index < -0.39 is 22.4 Å². The summed E-state index contributed by atoms with van der Waals surface area (Å²) in [6.45, 7) is 0. The number of hydrogen-bond donors (Lipinski definition) is 1. The van der Waals surface area contributed by atoms with Crippen molar-refractivity contribution in [2.75, 3.05) is 0 Å². The van der Waals surface area contributed by atoms with Gasteiger partial charge in [0.1, 0.15) is 5.76 Å². The normalized spacial score (nSPS) is 10.3. The molecule has 7 heteroatoms. The van der Waals surface area contributed by atoms with Crippen LogP contribution in [0.15, 0.2) is 34.7 Å². The van der Waals surface area contributed by atoms with Crippen molar-refractivity contribution < 1.29 is 23.6 Å². The van der Waals surface area contributed by atoms with Gasteiger partial charge in [0.25, 0.3) is 0 Å². The van der Waals surface area contributed by atoms with Crippen molar-refractivity contribution in [3.8, 4) is 11.3 Å². The Morgan fingerprint density at radius 2 is 2.06 bits per heavy atom. The topological polar surface area (TPSA) is 93.6 Å². The van der Waals surface area contributed by atoms with Crippen LogP contribution in [-0.4, -0.2) is 16.0 Å². The number of nitro benzene ring substituents is 1. The number of carbonyl (C=O) groups is 1. The Hall–Kier alpha value is -2.70. The molecule has 0 spiro atoms. The van der Waals surface area contributed by atoms with Crippen molar-refractivity contribution in [1.82, 2.24) is 0 Å². The second-order valence-corrected chi connectivity index (χ2v) is 3.39. The fourth-order valence-corrected chi connectivity index (χ4v) is 1.41. The van der Waals surface area contributed by atoms with Crippen molar-refractivity contribution in [3.63, 3.8) is 0 Å². The number of nitro groups is 1. The standard InChI is InChI=1S/C11H6FNO5/c12-7-2-1-6(5-8(7)13(16)17)9-3-4-10(18-9)11(14)15/h1-5H,(H,14,15). The van der Waals surface area contributed by atoms with Crippen molar-refractivity contribution in [2.45, 2.75) is 0 Å². The molecule has 6 nitrogen and oxygen atoms in total. The lowest BCUT2D eigenvalue weighted by molar-refractivity contribution is -0.387. The quantitative estimate of drug-likeness (QED) is 0.668. The molecule has 1 aromatic carbocycles. The summed E-state index contributed by atoms with van der Waals surface area (Å²) in [4.78, 5) is 20.3. The Labute approximate surface area is 99.4 Å². The van der Waals surface area contributed by atoms with Crippen LogP contribution < -0.4 is 0 Å². The fraction of sp³-hybridized carbons (Fsp3) is 0. The van der Waals surface area contributed by atoms with Crippen LogP contribution in [-0.2, 0) is 0 Å². The van der Waals surface area contributed by atoms with E-state index in [1.807, 2.05) is 0 Å². The van der Waals surface area contributed by atoms with Crippen molar-refractivity contribution in [1.29, 1.82) is 0 Å². The van der Waals surface area contributed by atoms with Crippen LogP contribution >= 0.6 is 0 Å². The molecule has 2 rings (SSSR count). The van der Waals surface area contributed by atoms with E-state index in [9.17, 15) is 19.3 Å². The van der Waals surface area contributed by atoms with Gasteiger partial charge in [0.05, 0.1) is 4.92 Å². The number of rotatable bonds is 3. The van der Waals surface area contributed by atoms with Gasteiger partial charge in [-0.3, -0.25) is 10.1 Å². The smallest absolute Gasteiger partial charge is 0.371 e. The highest BCUT2D eigenvalue weighted by molar-refractivity contribution is 5.85. The Balaban J connectivity index is 2.47. The molecule has 0 atom stereocenters. The van der Waals surface area contributed by atoms with Crippen LogP contribution in [0.1, 0.15) is 10.6 Å². The number of aromatic carboxylic acids is 1. The van der Waals surface area contributed by atoms with Crippen LogP contribution in [0.3, 0.4) is 0 Å². The molecule has 1 aromatic heterocycles. The van der Waals surface area contributed by atoms with Gasteiger partial charge in [0.2, 0.25) is 11.6 Å². The average Bonchev–Trinajstić information content (AvgIpc) is 2.78. The van der Waals surface area contributed by atoms with Gasteiger partial charge in [-0.05, 0) is 24.3 Å². The van der Waals surface area contributed by atoms with E-state index in [-0.39, 0.29) is 17.1 Å². The molecular weight excluding hydrogens is 245 g/mol. The molecule has 0 unspecified atom stereocenters. The summed E-state index contributed by atoms with van der Waals surface area (Å²) in [7, 11) is 0. The lowest BCUT2D eigenvalue weighted by atomic mass is 10.1. The zero-order valence-corrected chi connectivity index (χ0v) is 8.79. The maximum Gasteiger partial charge on any atom is 0.371 e. The highest BCUT2D eigenvalue weighted by Gasteiger charge is 2.17. The van der Waals surface area contributed by atoms with Gasteiger partial charge in [-0.1, -0.05) is 0 Å². The molecule has 2 aromatic rings. The van der Waals surface area contributed by atoms with Gasteiger partial charge in [-0.2, -0.15) is 4.39 Å². The molecule has 0 radical (unpaired) electrons. The van der Waals surface area contributed by atoms with Crippen molar-refractivity contribution >= 4 is 11.7 Å². The summed E-state index contributed by atoms with van der Waals surface area (Å²) in [6, 6.07) is 5.75. The number of benzene rings is 1. The predicted molar refractivity (Wildman–Crippen MR) is 57.7 cm³/mol. The van der Waals surface area contributed by atoms with Crippen molar-refractivity contribution in [2.24, 2.45) is 0 Å². The molecule has 18 heavy (non-hydrogen) atoms. The largest absolute Gasteiger partial charge is 0.475 e. The highest BCUT2D eigenvalue weighted by atomic mass is 19.1. The van der Waals surface area contributed by atoms with E-state index in [0.29, 0.717) is 0 Å². The number of carboxylic acid groups (broad SMARTS) is 1. The molecule has 0 saturated carbocycles. The van der Waals surface area contributed by atoms with Crippen LogP contribution in [0.25, 0.3) is 11.3 Å². The third kappa shape index (κ3) is 2.05. The maximum atomic E-state index is 13.1. The van der Waals surface area contributed by atoms with Crippen LogP contribution in [0.4, 0.5) is 10.1 Å². The maximum absolute atomic E-state index is 13.1. The molecule has 0 fully saturated rings. The van der Waals surface area contributed by atoms with Gasteiger partial charge in [0, 0.05) is 11.6 Å². The van der Waals surface area contributed by atoms with E-state index in [0.717, 1.165) is 12.1 Å². The highest BCUT2D eigenvalue weighted by Crippen LogP contribution is 2.27. The fourth-order valence-electron chi connectivity index (χ4n) is 1.41. The monoisotopic (exact) mass is 251 g/mol. The molecule has 1 heterocycles. The molecule has 0 saturated heterocycles. The molecule has 92 valence electrons. The number of hydrogen-bond acceptors (Lipinski definition) is 4. The summed E-state index contributed by atoms with van der Waals surface area (Å²) in [6.07, 6.45) is 0. The van der Waals surface area contributed by atoms with Crippen LogP contribution in [0, 0.1) is 15.9 Å². The molecule has 0 aliphatic heterocycles. The number of nitrogens with zero attached hydrogens (tertiary/aromatic N) is 1. The Bertz CT molecular complexity index is 634. The summed E-state index contributed by atoms with van der Waals surface area (Å²) < 4.78 is 18.1. The SMILES string of the molecule is O=C(O)c1ccc(-c2ccc(F)c([N+](=O)[O-])c2)o1. The third-order valence-electron chi connectivity index (χ3n) is 2.24. The minimum absolute atomic E-state index is 0.121. The van der Waals surface area contributed by atoms with Gasteiger partial charge in [-0.25, -0.2) is 4.79 Å². The molecule has 0 amide bonds. The van der Waals surface area contributed by atoms with Crippen molar-refractivity contribution in [3.05, 3.63) is 52.0 Å². The summed E-state index contributed by atoms with van der Waals surface area (Å²) >= 11 is 0. The average molecular weight is 251 g/mol. The second kappa shape index (κ2) is 4.28. The minimum Gasteiger partial charge on any atom is -0.475 e. The first-order valence-electron chi connectivity index (χ1n) is 4.76. The van der Waals surface area contributed by atoms with E-state index in [1.54, 1.807) is 0 Å². The van der Waals surface area contributed by atoms with Crippen LogP contribution in [0.2, 0.25) is 0 Å². The second-order valence-electron chi connectivity index (χ2n) is 3.39. The molecule has 1 N–H and O–H groups in total. The molecule has 0 bridgehead atoms. The predicted octanol–water partition coefficient (Wildman–Crippen LogP) is 2.69. The summed E-state index contributed by atoms with van der Waals surface area (Å²) in [5.41, 5.74) is -0.462. The number of furan rings is 1. The molecule has 0 aliphatic carbocycles. The van der Waals surface area contributed by atoms with Gasteiger partial charge < -0.3 is 9.52 Å². The van der Waals surface area contributed by atoms with Gasteiger partial charge in [0.15, 0.2) is 0 Å².